The summed E-state index contributed by atoms with van der Waals surface area (Å²) < 4.78 is 10.8. The number of carbonyl (C=O) groups is 1. The first-order valence-corrected chi connectivity index (χ1v) is 6.62. The van der Waals surface area contributed by atoms with Gasteiger partial charge in [-0.05, 0) is 20.9 Å². The predicted octanol–water partition coefficient (Wildman–Crippen LogP) is 0.446. The molecule has 2 atom stereocenters. The van der Waals surface area contributed by atoms with E-state index in [1.165, 1.54) is 0 Å². The molecule has 1 aromatic heterocycles. The van der Waals surface area contributed by atoms with Crippen LogP contribution in [0.25, 0.3) is 0 Å². The number of aryl methyl sites for hydroxylation is 2. The molecular formula is C13H19N3O3. The van der Waals surface area contributed by atoms with Crippen LogP contribution in [0.3, 0.4) is 0 Å². The number of likely N-dealkylation sites (tertiary alicyclic amines) is 1. The molecule has 3 heterocycles. The van der Waals surface area contributed by atoms with E-state index in [0.29, 0.717) is 36.1 Å². The minimum absolute atomic E-state index is 0.00245. The molecule has 0 saturated carbocycles. The maximum atomic E-state index is 12.6. The summed E-state index contributed by atoms with van der Waals surface area (Å²) in [6, 6.07) is 0.304. The van der Waals surface area contributed by atoms with Crippen molar-refractivity contribution in [3.05, 3.63) is 17.0 Å². The number of morpholine rings is 1. The molecule has 19 heavy (non-hydrogen) atoms. The van der Waals surface area contributed by atoms with Crippen LogP contribution in [-0.2, 0) is 4.74 Å². The van der Waals surface area contributed by atoms with Crippen LogP contribution in [0.15, 0.2) is 4.52 Å². The van der Waals surface area contributed by atoms with Crippen molar-refractivity contribution in [1.82, 2.24) is 15.0 Å². The summed E-state index contributed by atoms with van der Waals surface area (Å²) in [5.74, 6) is 0.592. The van der Waals surface area contributed by atoms with Crippen molar-refractivity contribution in [3.8, 4) is 0 Å². The SMILES string of the molecule is Cc1noc(C)c1C(=O)N1C[C@@H]2OCCN(C)[C@@H]2C1. The lowest BCUT2D eigenvalue weighted by Crippen LogP contribution is -2.48. The van der Waals surface area contributed by atoms with Gasteiger partial charge in [0.05, 0.1) is 24.4 Å². The minimum atomic E-state index is 0.00245. The monoisotopic (exact) mass is 265 g/mol. The average Bonchev–Trinajstić information content (AvgIpc) is 2.94. The van der Waals surface area contributed by atoms with Gasteiger partial charge in [-0.1, -0.05) is 5.16 Å². The van der Waals surface area contributed by atoms with Crippen LogP contribution in [0, 0.1) is 13.8 Å². The fraction of sp³-hybridized carbons (Fsp3) is 0.692. The standard InChI is InChI=1S/C13H19N3O3/c1-8-12(9(2)19-14-8)13(17)16-6-10-11(7-16)18-5-4-15(10)3/h10-11H,4-7H2,1-3H3/t10-,11+/m1/s1. The Bertz CT molecular complexity index is 480. The van der Waals surface area contributed by atoms with Crippen LogP contribution >= 0.6 is 0 Å². The van der Waals surface area contributed by atoms with Gasteiger partial charge in [-0.25, -0.2) is 0 Å². The van der Waals surface area contributed by atoms with Crippen LogP contribution in [0.5, 0.6) is 0 Å². The zero-order valence-electron chi connectivity index (χ0n) is 11.5. The Kier molecular flexibility index (Phi) is 3.06. The Morgan fingerprint density at radius 1 is 1.37 bits per heavy atom. The lowest BCUT2D eigenvalue weighted by Gasteiger charge is -2.33. The van der Waals surface area contributed by atoms with Crippen molar-refractivity contribution in [2.24, 2.45) is 0 Å². The number of amides is 1. The first-order valence-electron chi connectivity index (χ1n) is 6.62. The number of carbonyl (C=O) groups excluding carboxylic acids is 1. The number of fused-ring (bicyclic) bond motifs is 1. The van der Waals surface area contributed by atoms with E-state index in [1.807, 2.05) is 4.90 Å². The lowest BCUT2D eigenvalue weighted by molar-refractivity contribution is -0.0368. The summed E-state index contributed by atoms with van der Waals surface area (Å²) in [6.07, 6.45) is 0.128. The van der Waals surface area contributed by atoms with Gasteiger partial charge in [0.25, 0.3) is 5.91 Å². The van der Waals surface area contributed by atoms with E-state index < -0.39 is 0 Å². The molecule has 0 bridgehead atoms. The molecule has 1 amide bonds. The molecule has 2 saturated heterocycles. The third-order valence-corrected chi connectivity index (χ3v) is 4.11. The van der Waals surface area contributed by atoms with Crippen molar-refractivity contribution >= 4 is 5.91 Å². The van der Waals surface area contributed by atoms with Crippen molar-refractivity contribution in [2.75, 3.05) is 33.3 Å². The quantitative estimate of drug-likeness (QED) is 0.737. The average molecular weight is 265 g/mol. The van der Waals surface area contributed by atoms with Gasteiger partial charge in [0.2, 0.25) is 0 Å². The largest absolute Gasteiger partial charge is 0.373 e. The molecule has 2 fully saturated rings. The molecule has 2 aliphatic rings. The second kappa shape index (κ2) is 4.61. The van der Waals surface area contributed by atoms with Crippen molar-refractivity contribution in [3.63, 3.8) is 0 Å². The second-order valence-electron chi connectivity index (χ2n) is 5.37. The van der Waals surface area contributed by atoms with E-state index in [2.05, 4.69) is 17.1 Å². The van der Waals surface area contributed by atoms with Crippen molar-refractivity contribution in [2.45, 2.75) is 26.0 Å². The molecule has 6 heteroatoms. The maximum absolute atomic E-state index is 12.6. The Balaban J connectivity index is 1.79. The van der Waals surface area contributed by atoms with E-state index >= 15 is 0 Å². The number of hydrogen-bond donors (Lipinski definition) is 0. The maximum Gasteiger partial charge on any atom is 0.259 e. The summed E-state index contributed by atoms with van der Waals surface area (Å²) in [5.41, 5.74) is 1.26. The molecule has 0 aliphatic carbocycles. The van der Waals surface area contributed by atoms with Gasteiger partial charge in [-0.2, -0.15) is 0 Å². The van der Waals surface area contributed by atoms with Crippen LogP contribution in [0.2, 0.25) is 0 Å². The van der Waals surface area contributed by atoms with Gasteiger partial charge >= 0.3 is 0 Å². The topological polar surface area (TPSA) is 58.8 Å². The van der Waals surface area contributed by atoms with Gasteiger partial charge in [0, 0.05) is 19.6 Å². The Hall–Kier alpha value is -1.40. The summed E-state index contributed by atoms with van der Waals surface area (Å²) in [5, 5.41) is 3.85. The number of hydrogen-bond acceptors (Lipinski definition) is 5. The highest BCUT2D eigenvalue weighted by molar-refractivity contribution is 5.96. The number of nitrogens with zero attached hydrogens (tertiary/aromatic N) is 3. The lowest BCUT2D eigenvalue weighted by atomic mass is 10.1. The summed E-state index contributed by atoms with van der Waals surface area (Å²) in [6.45, 7) is 6.61. The highest BCUT2D eigenvalue weighted by Gasteiger charge is 2.41. The Labute approximate surface area is 112 Å². The minimum Gasteiger partial charge on any atom is -0.373 e. The van der Waals surface area contributed by atoms with Crippen LogP contribution in [0.1, 0.15) is 21.8 Å². The van der Waals surface area contributed by atoms with Gasteiger partial charge in [-0.15, -0.1) is 0 Å². The number of ether oxygens (including phenoxy) is 1. The van der Waals surface area contributed by atoms with E-state index in [9.17, 15) is 4.79 Å². The molecule has 1 aromatic rings. The number of rotatable bonds is 1. The summed E-state index contributed by atoms with van der Waals surface area (Å²) in [4.78, 5) is 16.7. The highest BCUT2D eigenvalue weighted by atomic mass is 16.5. The fourth-order valence-corrected chi connectivity index (χ4v) is 2.97. The van der Waals surface area contributed by atoms with Crippen LogP contribution in [-0.4, -0.2) is 66.3 Å². The smallest absolute Gasteiger partial charge is 0.259 e. The van der Waals surface area contributed by atoms with Crippen LogP contribution < -0.4 is 0 Å². The zero-order valence-corrected chi connectivity index (χ0v) is 11.5. The molecule has 6 nitrogen and oxygen atoms in total. The molecule has 2 aliphatic heterocycles. The van der Waals surface area contributed by atoms with Gasteiger partial charge in [-0.3, -0.25) is 9.69 Å². The number of aromatic nitrogens is 1. The van der Waals surface area contributed by atoms with Gasteiger partial charge < -0.3 is 14.2 Å². The van der Waals surface area contributed by atoms with Gasteiger partial charge in [0.1, 0.15) is 11.3 Å². The highest BCUT2D eigenvalue weighted by Crippen LogP contribution is 2.24. The molecular weight excluding hydrogens is 246 g/mol. The molecule has 104 valence electrons. The Morgan fingerprint density at radius 2 is 2.16 bits per heavy atom. The predicted molar refractivity (Wildman–Crippen MR) is 68.0 cm³/mol. The first-order chi connectivity index (χ1) is 9.08. The van der Waals surface area contributed by atoms with Crippen LogP contribution in [0.4, 0.5) is 0 Å². The molecule has 0 N–H and O–H groups in total. The van der Waals surface area contributed by atoms with E-state index in [0.717, 1.165) is 13.2 Å². The fourth-order valence-electron chi connectivity index (χ4n) is 2.97. The van der Waals surface area contributed by atoms with Crippen molar-refractivity contribution in [1.29, 1.82) is 0 Å². The third kappa shape index (κ3) is 2.04. The summed E-state index contributed by atoms with van der Waals surface area (Å²) in [7, 11) is 2.09. The zero-order chi connectivity index (χ0) is 13.6. The molecule has 0 radical (unpaired) electrons. The van der Waals surface area contributed by atoms with E-state index in [4.69, 9.17) is 9.26 Å². The third-order valence-electron chi connectivity index (χ3n) is 4.11. The van der Waals surface area contributed by atoms with Crippen molar-refractivity contribution < 1.29 is 14.1 Å². The van der Waals surface area contributed by atoms with Gasteiger partial charge in [0.15, 0.2) is 0 Å². The normalized spacial score (nSPS) is 27.6. The van der Waals surface area contributed by atoms with E-state index in [-0.39, 0.29) is 12.0 Å². The number of likely N-dealkylation sites (N-methyl/N-ethyl adjacent to an activating group) is 1. The first kappa shape index (κ1) is 12.6. The van der Waals surface area contributed by atoms with E-state index in [1.54, 1.807) is 13.8 Å². The molecule has 3 rings (SSSR count). The molecule has 0 spiro atoms. The molecule has 0 unspecified atom stereocenters. The Morgan fingerprint density at radius 3 is 2.79 bits per heavy atom. The summed E-state index contributed by atoms with van der Waals surface area (Å²) >= 11 is 0. The molecule has 0 aromatic carbocycles. The second-order valence-corrected chi connectivity index (χ2v) is 5.37.